The van der Waals surface area contributed by atoms with Crippen molar-refractivity contribution in [1.82, 2.24) is 9.80 Å². The number of benzene rings is 2. The quantitative estimate of drug-likeness (QED) is 0.803. The summed E-state index contributed by atoms with van der Waals surface area (Å²) in [5, 5.41) is 0. The Kier molecular flexibility index (Phi) is 5.79. The van der Waals surface area contributed by atoms with Crippen LogP contribution in [0.5, 0.6) is 0 Å². The Morgan fingerprint density at radius 3 is 2.34 bits per heavy atom. The first-order chi connectivity index (χ1) is 14.1. The molecule has 2 aliphatic heterocycles. The number of rotatable bonds is 3. The Balaban J connectivity index is 1.35. The molecule has 4 rings (SSSR count). The molecular weight excluding hydrogens is 369 g/mol. The topological polar surface area (TPSA) is 43.9 Å². The molecule has 0 unspecified atom stereocenters. The van der Waals surface area contributed by atoms with E-state index < -0.39 is 5.82 Å². The van der Waals surface area contributed by atoms with E-state index in [0.29, 0.717) is 31.7 Å². The number of carbonyl (C=O) groups excluding carboxylic acids is 2. The highest BCUT2D eigenvalue weighted by Gasteiger charge is 2.33. The zero-order chi connectivity index (χ0) is 20.2. The van der Waals surface area contributed by atoms with Crippen LogP contribution in [0.3, 0.4) is 0 Å². The molecule has 2 amide bonds. The lowest BCUT2D eigenvalue weighted by molar-refractivity contribution is -0.137. The highest BCUT2D eigenvalue weighted by molar-refractivity contribution is 5.94. The van der Waals surface area contributed by atoms with E-state index in [1.54, 1.807) is 17.0 Å². The van der Waals surface area contributed by atoms with Gasteiger partial charge in [0.25, 0.3) is 5.91 Å². The van der Waals surface area contributed by atoms with Crippen molar-refractivity contribution < 1.29 is 14.0 Å². The Labute approximate surface area is 170 Å². The fourth-order valence-corrected chi connectivity index (χ4v) is 4.25. The first kappa shape index (κ1) is 19.4. The fraction of sp³-hybridized carbons (Fsp3) is 0.391. The number of anilines is 1. The summed E-state index contributed by atoms with van der Waals surface area (Å²) >= 11 is 0. The lowest BCUT2D eigenvalue weighted by atomic mass is 9.95. The van der Waals surface area contributed by atoms with Crippen molar-refractivity contribution in [3.8, 4) is 0 Å². The molecule has 0 N–H and O–H groups in total. The van der Waals surface area contributed by atoms with Crippen LogP contribution in [-0.4, -0.2) is 60.9 Å². The molecule has 0 aromatic heterocycles. The van der Waals surface area contributed by atoms with Gasteiger partial charge in [-0.3, -0.25) is 9.59 Å². The molecule has 1 atom stereocenters. The van der Waals surface area contributed by atoms with Crippen LogP contribution in [0.15, 0.2) is 54.6 Å². The maximum absolute atomic E-state index is 13.5. The maximum atomic E-state index is 13.5. The zero-order valence-corrected chi connectivity index (χ0v) is 16.5. The molecule has 0 spiro atoms. The highest BCUT2D eigenvalue weighted by Crippen LogP contribution is 2.23. The van der Waals surface area contributed by atoms with Gasteiger partial charge in [0.05, 0.1) is 5.92 Å². The minimum atomic E-state index is -0.420. The maximum Gasteiger partial charge on any atom is 0.253 e. The van der Waals surface area contributed by atoms with Gasteiger partial charge < -0.3 is 14.7 Å². The van der Waals surface area contributed by atoms with Gasteiger partial charge in [-0.15, -0.1) is 0 Å². The third-order valence-corrected chi connectivity index (χ3v) is 5.84. The molecule has 152 valence electrons. The standard InChI is InChI=1S/C23H26FN3O2/c24-20-8-4-6-18(16-20)22(28)27-11-5-7-19(17-27)23(29)26-14-12-25(13-15-26)21-9-2-1-3-10-21/h1-4,6,8-10,16,19H,5,7,11-15,17H2/t19-/m0/s1. The third-order valence-electron chi connectivity index (χ3n) is 5.84. The predicted molar refractivity (Wildman–Crippen MR) is 110 cm³/mol. The third kappa shape index (κ3) is 4.42. The van der Waals surface area contributed by atoms with E-state index in [1.807, 2.05) is 23.1 Å². The Hall–Kier alpha value is -2.89. The summed E-state index contributed by atoms with van der Waals surface area (Å²) in [5.74, 6) is -0.661. The van der Waals surface area contributed by atoms with Crippen LogP contribution in [0.4, 0.5) is 10.1 Å². The second kappa shape index (κ2) is 8.64. The summed E-state index contributed by atoms with van der Waals surface area (Å²) in [5.41, 5.74) is 1.53. The van der Waals surface area contributed by atoms with Gasteiger partial charge in [-0.25, -0.2) is 4.39 Å². The molecule has 0 saturated carbocycles. The van der Waals surface area contributed by atoms with Crippen LogP contribution in [0.25, 0.3) is 0 Å². The van der Waals surface area contributed by atoms with Gasteiger partial charge in [-0.05, 0) is 43.2 Å². The van der Waals surface area contributed by atoms with Crippen molar-refractivity contribution in [2.75, 3.05) is 44.2 Å². The number of piperidine rings is 1. The smallest absolute Gasteiger partial charge is 0.253 e. The number of nitrogens with zero attached hydrogens (tertiary/aromatic N) is 3. The molecule has 29 heavy (non-hydrogen) atoms. The molecule has 2 aliphatic rings. The average molecular weight is 395 g/mol. The normalized spacial score (nSPS) is 19.9. The van der Waals surface area contributed by atoms with Crippen LogP contribution in [-0.2, 0) is 4.79 Å². The monoisotopic (exact) mass is 395 g/mol. The van der Waals surface area contributed by atoms with Gasteiger partial charge in [-0.2, -0.15) is 0 Å². The van der Waals surface area contributed by atoms with Crippen molar-refractivity contribution in [3.63, 3.8) is 0 Å². The van der Waals surface area contributed by atoms with E-state index in [9.17, 15) is 14.0 Å². The Morgan fingerprint density at radius 1 is 0.862 bits per heavy atom. The molecule has 2 aromatic rings. The van der Waals surface area contributed by atoms with Crippen LogP contribution in [0, 0.1) is 11.7 Å². The van der Waals surface area contributed by atoms with Gasteiger partial charge in [0.1, 0.15) is 5.82 Å². The van der Waals surface area contributed by atoms with Crippen LogP contribution >= 0.6 is 0 Å². The van der Waals surface area contributed by atoms with Gasteiger partial charge in [0.15, 0.2) is 0 Å². The van der Waals surface area contributed by atoms with Gasteiger partial charge in [-0.1, -0.05) is 24.3 Å². The van der Waals surface area contributed by atoms with Crippen LogP contribution < -0.4 is 4.90 Å². The second-order valence-corrected chi connectivity index (χ2v) is 7.75. The molecule has 0 bridgehead atoms. The fourth-order valence-electron chi connectivity index (χ4n) is 4.25. The van der Waals surface area contributed by atoms with E-state index in [2.05, 4.69) is 17.0 Å². The first-order valence-electron chi connectivity index (χ1n) is 10.3. The number of hydrogen-bond donors (Lipinski definition) is 0. The minimum absolute atomic E-state index is 0.134. The van der Waals surface area contributed by atoms with E-state index in [4.69, 9.17) is 0 Å². The lowest BCUT2D eigenvalue weighted by Crippen LogP contribution is -2.53. The summed E-state index contributed by atoms with van der Waals surface area (Å²) in [7, 11) is 0. The molecule has 2 saturated heterocycles. The van der Waals surface area contributed by atoms with E-state index in [1.165, 1.54) is 17.8 Å². The first-order valence-corrected chi connectivity index (χ1v) is 10.3. The van der Waals surface area contributed by atoms with Crippen LogP contribution in [0.1, 0.15) is 23.2 Å². The number of piperazine rings is 1. The van der Waals surface area contributed by atoms with E-state index >= 15 is 0 Å². The minimum Gasteiger partial charge on any atom is -0.368 e. The molecule has 2 heterocycles. The van der Waals surface area contributed by atoms with E-state index in [0.717, 1.165) is 25.9 Å². The molecule has 2 fully saturated rings. The Bertz CT molecular complexity index is 865. The lowest BCUT2D eigenvalue weighted by Gasteiger charge is -2.39. The molecular formula is C23H26FN3O2. The van der Waals surface area contributed by atoms with Crippen LogP contribution in [0.2, 0.25) is 0 Å². The van der Waals surface area contributed by atoms with Crippen molar-refractivity contribution in [3.05, 3.63) is 66.0 Å². The van der Waals surface area contributed by atoms with E-state index in [-0.39, 0.29) is 17.7 Å². The van der Waals surface area contributed by atoms with Crippen molar-refractivity contribution in [1.29, 1.82) is 0 Å². The molecule has 5 nitrogen and oxygen atoms in total. The molecule has 6 heteroatoms. The van der Waals surface area contributed by atoms with Crippen molar-refractivity contribution >= 4 is 17.5 Å². The summed E-state index contributed by atoms with van der Waals surface area (Å²) in [6.45, 7) is 4.04. The number of carbonyl (C=O) groups is 2. The predicted octanol–water partition coefficient (Wildman–Crippen LogP) is 3.03. The molecule has 0 radical (unpaired) electrons. The number of likely N-dealkylation sites (tertiary alicyclic amines) is 1. The summed E-state index contributed by atoms with van der Waals surface area (Å²) in [6, 6.07) is 16.0. The molecule has 0 aliphatic carbocycles. The van der Waals surface area contributed by atoms with Crippen molar-refractivity contribution in [2.24, 2.45) is 5.92 Å². The van der Waals surface area contributed by atoms with Crippen molar-refractivity contribution in [2.45, 2.75) is 12.8 Å². The highest BCUT2D eigenvalue weighted by atomic mass is 19.1. The summed E-state index contributed by atoms with van der Waals surface area (Å²) in [6.07, 6.45) is 1.59. The molecule has 2 aromatic carbocycles. The summed E-state index contributed by atoms with van der Waals surface area (Å²) in [4.78, 5) is 31.7. The van der Waals surface area contributed by atoms with Gasteiger partial charge in [0, 0.05) is 50.5 Å². The SMILES string of the molecule is O=C(c1cccc(F)c1)N1CCC[C@H](C(=O)N2CCN(c3ccccc3)CC2)C1. The van der Waals surface area contributed by atoms with Gasteiger partial charge in [0.2, 0.25) is 5.91 Å². The number of amides is 2. The number of hydrogen-bond acceptors (Lipinski definition) is 3. The number of para-hydroxylation sites is 1. The summed E-state index contributed by atoms with van der Waals surface area (Å²) < 4.78 is 13.5. The second-order valence-electron chi connectivity index (χ2n) is 7.75. The zero-order valence-electron chi connectivity index (χ0n) is 16.5. The van der Waals surface area contributed by atoms with Gasteiger partial charge >= 0.3 is 0 Å². The Morgan fingerprint density at radius 2 is 1.62 bits per heavy atom. The number of halogens is 1. The average Bonchev–Trinajstić information content (AvgIpc) is 2.79. The largest absolute Gasteiger partial charge is 0.368 e.